The lowest BCUT2D eigenvalue weighted by Gasteiger charge is -2.22. The van der Waals surface area contributed by atoms with Crippen LogP contribution in [0.5, 0.6) is 0 Å². The van der Waals surface area contributed by atoms with Gasteiger partial charge in [-0.05, 0) is 30.9 Å². The first-order valence-electron chi connectivity index (χ1n) is 7.04. The van der Waals surface area contributed by atoms with Gasteiger partial charge in [0.25, 0.3) is 0 Å². The van der Waals surface area contributed by atoms with Gasteiger partial charge in [-0.25, -0.2) is 0 Å². The summed E-state index contributed by atoms with van der Waals surface area (Å²) in [4.78, 5) is 12.3. The molecule has 18 heavy (non-hydrogen) atoms. The van der Waals surface area contributed by atoms with Gasteiger partial charge in [0.1, 0.15) is 0 Å². The van der Waals surface area contributed by atoms with Crippen LogP contribution in [0.2, 0.25) is 0 Å². The average molecular weight is 245 g/mol. The van der Waals surface area contributed by atoms with Crippen molar-refractivity contribution >= 4 is 5.78 Å². The zero-order valence-electron chi connectivity index (χ0n) is 11.2. The molecule has 1 aromatic carbocycles. The first-order chi connectivity index (χ1) is 8.63. The Kier molecular flexibility index (Phi) is 4.18. The van der Waals surface area contributed by atoms with Crippen molar-refractivity contribution in [2.24, 2.45) is 5.73 Å². The molecule has 0 amide bonds. The van der Waals surface area contributed by atoms with Crippen molar-refractivity contribution in [1.82, 2.24) is 0 Å². The highest BCUT2D eigenvalue weighted by Crippen LogP contribution is 2.31. The van der Waals surface area contributed by atoms with Gasteiger partial charge >= 0.3 is 0 Å². The number of carbonyl (C=O) groups excluding carboxylic acids is 1. The molecule has 1 aromatic rings. The summed E-state index contributed by atoms with van der Waals surface area (Å²) in [6.45, 7) is 2.15. The predicted octanol–water partition coefficient (Wildman–Crippen LogP) is 3.48. The number of carbonyl (C=O) groups is 1. The Bertz CT molecular complexity index is 419. The summed E-state index contributed by atoms with van der Waals surface area (Å²) >= 11 is 0. The van der Waals surface area contributed by atoms with Crippen LogP contribution in [0.1, 0.15) is 61.4 Å². The van der Waals surface area contributed by atoms with Gasteiger partial charge in [-0.15, -0.1) is 0 Å². The van der Waals surface area contributed by atoms with Crippen molar-refractivity contribution in [3.63, 3.8) is 0 Å². The third-order valence-corrected chi connectivity index (χ3v) is 3.90. The fourth-order valence-corrected chi connectivity index (χ4v) is 2.87. The smallest absolute Gasteiger partial charge is 0.164 e. The number of hydrogen-bond donors (Lipinski definition) is 1. The van der Waals surface area contributed by atoms with Crippen molar-refractivity contribution in [3.8, 4) is 0 Å². The van der Waals surface area contributed by atoms with E-state index in [9.17, 15) is 4.79 Å². The van der Waals surface area contributed by atoms with Crippen LogP contribution in [-0.2, 0) is 6.42 Å². The van der Waals surface area contributed by atoms with Gasteiger partial charge < -0.3 is 5.73 Å². The molecule has 2 heteroatoms. The Morgan fingerprint density at radius 3 is 2.72 bits per heavy atom. The summed E-state index contributed by atoms with van der Waals surface area (Å²) in [5, 5.41) is 0. The molecule has 0 heterocycles. The molecule has 0 aromatic heterocycles. The lowest BCUT2D eigenvalue weighted by molar-refractivity contribution is 0.0952. The van der Waals surface area contributed by atoms with Crippen molar-refractivity contribution in [2.75, 3.05) is 0 Å². The van der Waals surface area contributed by atoms with E-state index in [1.54, 1.807) is 0 Å². The van der Waals surface area contributed by atoms with Crippen LogP contribution in [0.15, 0.2) is 24.3 Å². The summed E-state index contributed by atoms with van der Waals surface area (Å²) in [7, 11) is 0. The molecule has 1 fully saturated rings. The molecule has 1 aliphatic rings. The Hall–Kier alpha value is -1.15. The highest BCUT2D eigenvalue weighted by Gasteiger charge is 2.31. The maximum Gasteiger partial charge on any atom is 0.164 e. The number of benzene rings is 1. The summed E-state index contributed by atoms with van der Waals surface area (Å²) in [6.07, 6.45) is 6.97. The number of hydrogen-bond acceptors (Lipinski definition) is 2. The largest absolute Gasteiger partial charge is 0.325 e. The molecule has 0 radical (unpaired) electrons. The number of rotatable bonds is 5. The highest BCUT2D eigenvalue weighted by molar-refractivity contribution is 5.97. The standard InChI is InChI=1S/C16H23NO/c1-2-6-13-7-5-8-14(11-13)15(18)12-16(17)9-3-4-10-16/h5,7-8,11H,2-4,6,9-10,12,17H2,1H3. The summed E-state index contributed by atoms with van der Waals surface area (Å²) in [5.41, 5.74) is 8.12. The fraction of sp³-hybridized carbons (Fsp3) is 0.562. The molecular weight excluding hydrogens is 222 g/mol. The van der Waals surface area contributed by atoms with E-state index < -0.39 is 0 Å². The van der Waals surface area contributed by atoms with Crippen LogP contribution in [0, 0.1) is 0 Å². The topological polar surface area (TPSA) is 43.1 Å². The van der Waals surface area contributed by atoms with E-state index in [1.807, 2.05) is 18.2 Å². The lowest BCUT2D eigenvalue weighted by Crippen LogP contribution is -2.38. The molecule has 0 saturated heterocycles. The SMILES string of the molecule is CCCc1cccc(C(=O)CC2(N)CCCC2)c1. The molecule has 0 aliphatic heterocycles. The molecule has 1 aliphatic carbocycles. The third kappa shape index (κ3) is 3.20. The molecule has 2 rings (SSSR count). The Balaban J connectivity index is 2.06. The Morgan fingerprint density at radius 2 is 2.06 bits per heavy atom. The highest BCUT2D eigenvalue weighted by atomic mass is 16.1. The van der Waals surface area contributed by atoms with Gasteiger partial charge in [0.15, 0.2) is 5.78 Å². The molecule has 1 saturated carbocycles. The molecule has 0 unspecified atom stereocenters. The molecule has 2 N–H and O–H groups in total. The second kappa shape index (κ2) is 5.66. The van der Waals surface area contributed by atoms with E-state index in [0.717, 1.165) is 31.2 Å². The minimum atomic E-state index is -0.238. The van der Waals surface area contributed by atoms with Crippen LogP contribution >= 0.6 is 0 Å². The van der Waals surface area contributed by atoms with Crippen LogP contribution in [-0.4, -0.2) is 11.3 Å². The molecule has 2 nitrogen and oxygen atoms in total. The van der Waals surface area contributed by atoms with Gasteiger partial charge in [0.2, 0.25) is 0 Å². The third-order valence-electron chi connectivity index (χ3n) is 3.90. The van der Waals surface area contributed by atoms with Crippen molar-refractivity contribution < 1.29 is 4.79 Å². The molecular formula is C16H23NO. The van der Waals surface area contributed by atoms with Gasteiger partial charge in [0, 0.05) is 17.5 Å². The normalized spacial score (nSPS) is 17.9. The van der Waals surface area contributed by atoms with Crippen molar-refractivity contribution in [1.29, 1.82) is 0 Å². The molecule has 0 atom stereocenters. The quantitative estimate of drug-likeness (QED) is 0.807. The number of aryl methyl sites for hydroxylation is 1. The first kappa shape index (κ1) is 13.3. The second-order valence-corrected chi connectivity index (χ2v) is 5.62. The van der Waals surface area contributed by atoms with E-state index in [0.29, 0.717) is 6.42 Å². The van der Waals surface area contributed by atoms with E-state index in [4.69, 9.17) is 5.73 Å². The average Bonchev–Trinajstić information content (AvgIpc) is 2.76. The zero-order chi connectivity index (χ0) is 13.0. The van der Waals surface area contributed by atoms with Crippen LogP contribution in [0.4, 0.5) is 0 Å². The van der Waals surface area contributed by atoms with E-state index in [-0.39, 0.29) is 11.3 Å². The van der Waals surface area contributed by atoms with Gasteiger partial charge in [-0.3, -0.25) is 4.79 Å². The molecule has 0 spiro atoms. The lowest BCUT2D eigenvalue weighted by atomic mass is 9.89. The Morgan fingerprint density at radius 1 is 1.33 bits per heavy atom. The van der Waals surface area contributed by atoms with Crippen molar-refractivity contribution in [2.45, 2.75) is 57.4 Å². The second-order valence-electron chi connectivity index (χ2n) is 5.62. The number of ketones is 1. The van der Waals surface area contributed by atoms with E-state index >= 15 is 0 Å². The number of Topliss-reactive ketones (excluding diaryl/α,β-unsaturated/α-hetero) is 1. The summed E-state index contributed by atoms with van der Waals surface area (Å²) in [5.74, 6) is 0.206. The van der Waals surface area contributed by atoms with Crippen molar-refractivity contribution in [3.05, 3.63) is 35.4 Å². The maximum atomic E-state index is 12.3. The molecule has 98 valence electrons. The first-order valence-corrected chi connectivity index (χ1v) is 7.04. The zero-order valence-corrected chi connectivity index (χ0v) is 11.2. The van der Waals surface area contributed by atoms with Gasteiger partial charge in [-0.1, -0.05) is 44.4 Å². The van der Waals surface area contributed by atoms with Crippen LogP contribution < -0.4 is 5.73 Å². The Labute approximate surface area is 110 Å². The summed E-state index contributed by atoms with van der Waals surface area (Å²) < 4.78 is 0. The van der Waals surface area contributed by atoms with E-state index in [1.165, 1.54) is 18.4 Å². The van der Waals surface area contributed by atoms with Crippen LogP contribution in [0.25, 0.3) is 0 Å². The summed E-state index contributed by atoms with van der Waals surface area (Å²) in [6, 6.07) is 8.02. The monoisotopic (exact) mass is 245 g/mol. The van der Waals surface area contributed by atoms with Gasteiger partial charge in [-0.2, -0.15) is 0 Å². The molecule has 0 bridgehead atoms. The fourth-order valence-electron chi connectivity index (χ4n) is 2.87. The van der Waals surface area contributed by atoms with E-state index in [2.05, 4.69) is 13.0 Å². The van der Waals surface area contributed by atoms with Crippen LogP contribution in [0.3, 0.4) is 0 Å². The maximum absolute atomic E-state index is 12.3. The predicted molar refractivity (Wildman–Crippen MR) is 74.8 cm³/mol. The van der Waals surface area contributed by atoms with Gasteiger partial charge in [0.05, 0.1) is 0 Å². The number of nitrogens with two attached hydrogens (primary N) is 1. The minimum Gasteiger partial charge on any atom is -0.325 e. The minimum absolute atomic E-state index is 0.206.